The van der Waals surface area contributed by atoms with Gasteiger partial charge in [0, 0.05) is 50.4 Å². The van der Waals surface area contributed by atoms with Crippen molar-refractivity contribution < 1.29 is 4.92 Å². The van der Waals surface area contributed by atoms with Crippen molar-refractivity contribution in [3.63, 3.8) is 0 Å². The van der Waals surface area contributed by atoms with Crippen molar-refractivity contribution >= 4 is 57.7 Å². The van der Waals surface area contributed by atoms with Gasteiger partial charge in [-0.15, -0.1) is 0 Å². The lowest BCUT2D eigenvalue weighted by molar-refractivity contribution is -0.383. The highest BCUT2D eigenvalue weighted by Crippen LogP contribution is 2.39. The van der Waals surface area contributed by atoms with Gasteiger partial charge < -0.3 is 15.7 Å². The van der Waals surface area contributed by atoms with Gasteiger partial charge in [-0.2, -0.15) is 0 Å². The molecule has 0 amide bonds. The van der Waals surface area contributed by atoms with E-state index in [1.807, 2.05) is 78.9 Å². The maximum atomic E-state index is 12.1. The van der Waals surface area contributed by atoms with Crippen molar-refractivity contribution in [2.45, 2.75) is 0 Å². The Bertz CT molecular complexity index is 2730. The fourth-order valence-electron chi connectivity index (χ4n) is 7.09. The first-order chi connectivity index (χ1) is 25.5. The Hall–Kier alpha value is -7.32. The molecule has 4 N–H and O–H groups in total. The first kappa shape index (κ1) is 30.7. The number of H-pyrrole nitrogens is 2. The molecule has 8 heteroatoms. The summed E-state index contributed by atoms with van der Waals surface area (Å²) in [7, 11) is 0. The zero-order chi connectivity index (χ0) is 35.2. The molecule has 52 heavy (non-hydrogen) atoms. The number of rotatable bonds is 5. The van der Waals surface area contributed by atoms with Crippen LogP contribution < -0.4 is 5.73 Å². The normalized spacial score (nSPS) is 11.9. The number of aromatic amines is 2. The molecule has 0 atom stereocenters. The number of nitro groups is 1. The summed E-state index contributed by atoms with van der Waals surface area (Å²) < 4.78 is 0. The van der Waals surface area contributed by atoms with Crippen molar-refractivity contribution in [3.05, 3.63) is 166 Å². The van der Waals surface area contributed by atoms with E-state index in [0.717, 1.165) is 72.5 Å². The molecule has 0 spiro atoms. The number of nitrogens with zero attached hydrogens (tertiary/aromatic N) is 3. The van der Waals surface area contributed by atoms with Crippen LogP contribution in [-0.4, -0.2) is 24.9 Å². The van der Waals surface area contributed by atoms with Gasteiger partial charge in [0.2, 0.25) is 0 Å². The lowest BCUT2D eigenvalue weighted by atomic mass is 10.0. The van der Waals surface area contributed by atoms with Crippen molar-refractivity contribution in [1.29, 1.82) is 0 Å². The van der Waals surface area contributed by atoms with E-state index in [9.17, 15) is 10.1 Å². The van der Waals surface area contributed by atoms with E-state index >= 15 is 0 Å². The van der Waals surface area contributed by atoms with Crippen LogP contribution in [0.25, 0.3) is 90.9 Å². The number of hydrogen-bond acceptors (Lipinski definition) is 5. The molecule has 3 aromatic heterocycles. The van der Waals surface area contributed by atoms with Crippen LogP contribution in [0.15, 0.2) is 133 Å². The molecule has 7 aromatic rings. The number of hydrogen-bond donors (Lipinski definition) is 3. The van der Waals surface area contributed by atoms with Crippen molar-refractivity contribution in [3.8, 4) is 44.5 Å². The number of anilines is 1. The van der Waals surface area contributed by atoms with E-state index in [-0.39, 0.29) is 11.4 Å². The summed E-state index contributed by atoms with van der Waals surface area (Å²) >= 11 is 0. The van der Waals surface area contributed by atoms with Crippen LogP contribution in [0, 0.1) is 10.1 Å². The summed E-state index contributed by atoms with van der Waals surface area (Å²) in [5, 5.41) is 12.1. The zero-order valence-electron chi connectivity index (χ0n) is 27.7. The van der Waals surface area contributed by atoms with Crippen LogP contribution in [0.3, 0.4) is 0 Å². The quantitative estimate of drug-likeness (QED) is 0.0951. The van der Waals surface area contributed by atoms with Crippen LogP contribution in [0.2, 0.25) is 0 Å². The predicted molar refractivity (Wildman–Crippen MR) is 212 cm³/mol. The highest BCUT2D eigenvalue weighted by Gasteiger charge is 2.20. The number of benzene rings is 4. The molecule has 0 unspecified atom stereocenters. The van der Waals surface area contributed by atoms with Crippen LogP contribution >= 0.6 is 0 Å². The second-order valence-electron chi connectivity index (χ2n) is 12.6. The van der Waals surface area contributed by atoms with E-state index < -0.39 is 4.92 Å². The van der Waals surface area contributed by atoms with Crippen molar-refractivity contribution in [1.82, 2.24) is 19.9 Å². The molecule has 2 aliphatic rings. The largest absolute Gasteiger partial charge is 0.393 e. The first-order valence-electron chi connectivity index (χ1n) is 16.9. The van der Waals surface area contributed by atoms with Gasteiger partial charge in [-0.1, -0.05) is 97.1 Å². The molecule has 0 radical (unpaired) electrons. The third kappa shape index (κ3) is 5.35. The van der Waals surface area contributed by atoms with E-state index in [2.05, 4.69) is 70.7 Å². The number of aromatic nitrogens is 4. The van der Waals surface area contributed by atoms with Gasteiger partial charge in [0.1, 0.15) is 5.69 Å². The molecule has 9 rings (SSSR count). The van der Waals surface area contributed by atoms with Gasteiger partial charge >= 0.3 is 0 Å². The standard InChI is InChI=1S/C44H30N6O2/c45-31-17-16-30(26-40(31)50(51)52)44-38-24-22-36(48-38)42(28-12-6-2-7-13-28)34-20-18-32(46-34)41(27-10-4-1-5-11-27)33-19-21-35(47-33)43(29-14-8-3-9-15-29)37-23-25-39(44)49-37/h1-26,46,49H,45H2. The molecule has 0 fully saturated rings. The summed E-state index contributed by atoms with van der Waals surface area (Å²) in [5.74, 6) is 0. The highest BCUT2D eigenvalue weighted by molar-refractivity contribution is 6.00. The minimum atomic E-state index is -0.455. The van der Waals surface area contributed by atoms with Crippen LogP contribution in [0.5, 0.6) is 0 Å². The molecule has 5 heterocycles. The van der Waals surface area contributed by atoms with Crippen LogP contribution in [0.4, 0.5) is 11.4 Å². The van der Waals surface area contributed by atoms with Gasteiger partial charge in [-0.3, -0.25) is 10.1 Å². The van der Waals surface area contributed by atoms with E-state index in [1.54, 1.807) is 12.1 Å². The Morgan fingerprint density at radius 3 is 1.15 bits per heavy atom. The molecule has 8 nitrogen and oxygen atoms in total. The van der Waals surface area contributed by atoms with Gasteiger partial charge in [0.15, 0.2) is 0 Å². The van der Waals surface area contributed by atoms with Crippen LogP contribution in [0.1, 0.15) is 22.8 Å². The summed E-state index contributed by atoms with van der Waals surface area (Å²) in [4.78, 5) is 29.5. The van der Waals surface area contributed by atoms with E-state index in [1.165, 1.54) is 6.07 Å². The van der Waals surface area contributed by atoms with Crippen molar-refractivity contribution in [2.75, 3.05) is 5.73 Å². The molecular formula is C44H30N6O2. The fourth-order valence-corrected chi connectivity index (χ4v) is 7.09. The van der Waals surface area contributed by atoms with Gasteiger partial charge in [-0.05, 0) is 76.9 Å². The maximum absolute atomic E-state index is 12.1. The molecule has 2 aliphatic heterocycles. The number of nitrogens with two attached hydrogens (primary N) is 1. The van der Waals surface area contributed by atoms with E-state index in [0.29, 0.717) is 16.8 Å². The third-order valence-corrected chi connectivity index (χ3v) is 9.46. The summed E-state index contributed by atoms with van der Waals surface area (Å²) in [6, 6.07) is 43.7. The zero-order valence-corrected chi connectivity index (χ0v) is 27.7. The Morgan fingerprint density at radius 1 is 0.462 bits per heavy atom. The van der Waals surface area contributed by atoms with Gasteiger partial charge in [0.05, 0.1) is 27.7 Å². The summed E-state index contributed by atoms with van der Waals surface area (Å²) in [5.41, 5.74) is 19.6. The van der Waals surface area contributed by atoms with E-state index in [4.69, 9.17) is 15.7 Å². The SMILES string of the molecule is Nc1ccc(-c2c3nc(c(-c4ccccc4)c4ccc([nH]4)c(-c4ccccc4)c4nc(c(-c5ccccc5)c5ccc2[nH]5)C=C4)C=C3)cc1[N+](=O)[O-]. The second-order valence-corrected chi connectivity index (χ2v) is 12.6. The Kier molecular flexibility index (Phi) is 7.40. The second kappa shape index (κ2) is 12.5. The minimum Gasteiger partial charge on any atom is -0.393 e. The minimum absolute atomic E-state index is 0.0950. The Morgan fingerprint density at radius 2 is 0.808 bits per heavy atom. The first-order valence-corrected chi connectivity index (χ1v) is 16.9. The van der Waals surface area contributed by atoms with Crippen LogP contribution in [-0.2, 0) is 0 Å². The predicted octanol–water partition coefficient (Wildman–Crippen LogP) is 10.8. The maximum Gasteiger partial charge on any atom is 0.292 e. The topological polar surface area (TPSA) is 127 Å². The number of nitrogen functional groups attached to an aromatic ring is 1. The summed E-state index contributed by atoms with van der Waals surface area (Å²) in [6.07, 6.45) is 8.09. The van der Waals surface area contributed by atoms with Crippen molar-refractivity contribution in [2.24, 2.45) is 0 Å². The number of nitrogens with one attached hydrogen (secondary N) is 2. The average Bonchev–Trinajstić information content (AvgIpc) is 4.01. The fraction of sp³-hybridized carbons (Fsp3) is 0. The Labute approximate surface area is 298 Å². The lowest BCUT2D eigenvalue weighted by Gasteiger charge is -2.07. The summed E-state index contributed by atoms with van der Waals surface area (Å²) in [6.45, 7) is 0. The molecule has 0 saturated heterocycles. The molecular weight excluding hydrogens is 645 g/mol. The molecule has 248 valence electrons. The van der Waals surface area contributed by atoms with Gasteiger partial charge in [0.25, 0.3) is 5.69 Å². The monoisotopic (exact) mass is 674 g/mol. The third-order valence-electron chi connectivity index (χ3n) is 9.46. The molecule has 0 aliphatic carbocycles. The molecule has 0 saturated carbocycles. The van der Waals surface area contributed by atoms with Gasteiger partial charge in [-0.25, -0.2) is 9.97 Å². The smallest absolute Gasteiger partial charge is 0.292 e. The average molecular weight is 675 g/mol. The lowest BCUT2D eigenvalue weighted by Crippen LogP contribution is -1.96. The molecule has 4 aromatic carbocycles. The number of nitro benzene ring substituents is 1. The highest BCUT2D eigenvalue weighted by atomic mass is 16.6. The molecule has 8 bridgehead atoms. The Balaban J connectivity index is 1.48. The number of fused-ring (bicyclic) bond motifs is 8.